The van der Waals surface area contributed by atoms with Gasteiger partial charge in [0.25, 0.3) is 0 Å². The molecule has 1 aromatic carbocycles. The van der Waals surface area contributed by atoms with Crippen LogP contribution in [0.5, 0.6) is 0 Å². The van der Waals surface area contributed by atoms with E-state index in [9.17, 15) is 5.11 Å². The Kier molecular flexibility index (Phi) is 5.37. The van der Waals surface area contributed by atoms with Gasteiger partial charge in [-0.15, -0.1) is 0 Å². The highest BCUT2D eigenvalue weighted by Gasteiger charge is 2.15. The Balaban J connectivity index is 2.42. The molecule has 0 amide bonds. The van der Waals surface area contributed by atoms with Gasteiger partial charge in [-0.3, -0.25) is 0 Å². The van der Waals surface area contributed by atoms with E-state index in [-0.39, 0.29) is 6.04 Å². The van der Waals surface area contributed by atoms with Gasteiger partial charge in [0.2, 0.25) is 0 Å². The second-order valence-electron chi connectivity index (χ2n) is 4.02. The zero-order valence-corrected chi connectivity index (χ0v) is 9.39. The summed E-state index contributed by atoms with van der Waals surface area (Å²) in [6.07, 6.45) is 3.84. The zero-order chi connectivity index (χ0) is 11.1. The van der Waals surface area contributed by atoms with Crippen LogP contribution in [0.25, 0.3) is 0 Å². The van der Waals surface area contributed by atoms with E-state index < -0.39 is 6.10 Å². The maximum absolute atomic E-state index is 9.96. The van der Waals surface area contributed by atoms with Crippen LogP contribution in [-0.4, -0.2) is 11.1 Å². The van der Waals surface area contributed by atoms with Crippen LogP contribution in [-0.2, 0) is 0 Å². The molecule has 0 saturated heterocycles. The van der Waals surface area contributed by atoms with E-state index in [4.69, 9.17) is 5.73 Å². The molecule has 0 unspecified atom stereocenters. The van der Waals surface area contributed by atoms with Crippen molar-refractivity contribution in [3.63, 3.8) is 0 Å². The monoisotopic (exact) mass is 207 g/mol. The quantitative estimate of drug-likeness (QED) is 0.704. The van der Waals surface area contributed by atoms with Crippen LogP contribution in [0.15, 0.2) is 30.3 Å². The molecule has 1 rings (SSSR count). The first kappa shape index (κ1) is 12.2. The lowest BCUT2D eigenvalue weighted by molar-refractivity contribution is 0.141. The molecule has 1 aromatic rings. The Morgan fingerprint density at radius 3 is 2.47 bits per heavy atom. The fraction of sp³-hybridized carbons (Fsp3) is 0.538. The molecule has 84 valence electrons. The van der Waals surface area contributed by atoms with Gasteiger partial charge in [0.05, 0.1) is 6.10 Å². The highest BCUT2D eigenvalue weighted by Crippen LogP contribution is 2.18. The molecule has 0 aliphatic rings. The summed E-state index contributed by atoms with van der Waals surface area (Å²) < 4.78 is 0. The van der Waals surface area contributed by atoms with Gasteiger partial charge in [0.1, 0.15) is 0 Å². The second kappa shape index (κ2) is 6.59. The molecule has 3 N–H and O–H groups in total. The van der Waals surface area contributed by atoms with Crippen LogP contribution in [0.3, 0.4) is 0 Å². The van der Waals surface area contributed by atoms with Crippen molar-refractivity contribution in [3.05, 3.63) is 35.9 Å². The van der Waals surface area contributed by atoms with E-state index in [1.165, 1.54) is 12.8 Å². The van der Waals surface area contributed by atoms with Crippen LogP contribution >= 0.6 is 0 Å². The minimum Gasteiger partial charge on any atom is -0.387 e. The first-order chi connectivity index (χ1) is 7.25. The molecule has 0 fully saturated rings. The van der Waals surface area contributed by atoms with Gasteiger partial charge >= 0.3 is 0 Å². The summed E-state index contributed by atoms with van der Waals surface area (Å²) in [5.41, 5.74) is 6.86. The van der Waals surface area contributed by atoms with E-state index in [1.54, 1.807) is 0 Å². The van der Waals surface area contributed by atoms with E-state index in [0.717, 1.165) is 18.4 Å². The Hall–Kier alpha value is -0.860. The number of hydrogen-bond acceptors (Lipinski definition) is 2. The van der Waals surface area contributed by atoms with Crippen LogP contribution in [0.1, 0.15) is 44.3 Å². The Labute approximate surface area is 92.1 Å². The van der Waals surface area contributed by atoms with Crippen molar-refractivity contribution in [3.8, 4) is 0 Å². The summed E-state index contributed by atoms with van der Waals surface area (Å²) in [6, 6.07) is 9.50. The van der Waals surface area contributed by atoms with Crippen LogP contribution in [0, 0.1) is 0 Å². The Morgan fingerprint density at radius 1 is 1.20 bits per heavy atom. The van der Waals surface area contributed by atoms with Crippen LogP contribution in [0.4, 0.5) is 0 Å². The maximum Gasteiger partial charge on any atom is 0.0940 e. The lowest BCUT2D eigenvalue weighted by atomic mass is 9.98. The van der Waals surface area contributed by atoms with Crippen molar-refractivity contribution in [2.45, 2.75) is 44.8 Å². The van der Waals surface area contributed by atoms with Crippen LogP contribution < -0.4 is 5.73 Å². The molecule has 0 radical (unpaired) electrons. The highest BCUT2D eigenvalue weighted by molar-refractivity contribution is 5.18. The maximum atomic E-state index is 9.96. The first-order valence-electron chi connectivity index (χ1n) is 5.74. The van der Waals surface area contributed by atoms with Gasteiger partial charge < -0.3 is 10.8 Å². The minimum absolute atomic E-state index is 0.140. The molecular weight excluding hydrogens is 186 g/mol. The molecule has 0 saturated carbocycles. The van der Waals surface area contributed by atoms with Gasteiger partial charge in [-0.1, -0.05) is 56.5 Å². The number of unbranched alkanes of at least 4 members (excludes halogenated alkanes) is 2. The lowest BCUT2D eigenvalue weighted by Crippen LogP contribution is -2.28. The summed E-state index contributed by atoms with van der Waals surface area (Å²) in [5, 5.41) is 9.96. The fourth-order valence-electron chi connectivity index (χ4n) is 1.69. The molecule has 2 atom stereocenters. The summed E-state index contributed by atoms with van der Waals surface area (Å²) in [7, 11) is 0. The highest BCUT2D eigenvalue weighted by atomic mass is 16.3. The number of nitrogens with two attached hydrogens (primary N) is 1. The van der Waals surface area contributed by atoms with Gasteiger partial charge in [-0.25, -0.2) is 0 Å². The third-order valence-corrected chi connectivity index (χ3v) is 2.69. The molecule has 0 aliphatic heterocycles. The van der Waals surface area contributed by atoms with E-state index in [2.05, 4.69) is 6.92 Å². The van der Waals surface area contributed by atoms with Gasteiger partial charge in [0, 0.05) is 6.04 Å². The van der Waals surface area contributed by atoms with E-state index in [1.807, 2.05) is 30.3 Å². The van der Waals surface area contributed by atoms with Crippen LogP contribution in [0.2, 0.25) is 0 Å². The molecule has 2 nitrogen and oxygen atoms in total. The van der Waals surface area contributed by atoms with Crippen molar-refractivity contribution < 1.29 is 5.11 Å². The van der Waals surface area contributed by atoms with Crippen molar-refractivity contribution in [1.82, 2.24) is 0 Å². The molecule has 0 heterocycles. The summed E-state index contributed by atoms with van der Waals surface area (Å²) >= 11 is 0. The number of rotatable bonds is 6. The van der Waals surface area contributed by atoms with Crippen molar-refractivity contribution in [2.75, 3.05) is 0 Å². The minimum atomic E-state index is -0.525. The molecular formula is C13H21NO. The lowest BCUT2D eigenvalue weighted by Gasteiger charge is -2.18. The molecule has 0 aliphatic carbocycles. The van der Waals surface area contributed by atoms with Gasteiger partial charge in [-0.2, -0.15) is 0 Å². The average molecular weight is 207 g/mol. The largest absolute Gasteiger partial charge is 0.387 e. The third kappa shape index (κ3) is 4.02. The third-order valence-electron chi connectivity index (χ3n) is 2.69. The standard InChI is InChI=1S/C13H21NO/c1-2-3-5-10-12(14)13(15)11-8-6-4-7-9-11/h4,6-9,12-13,15H,2-3,5,10,14H2,1H3/t12-,13+/m1/s1. The van der Waals surface area contributed by atoms with E-state index >= 15 is 0 Å². The number of aliphatic hydroxyl groups excluding tert-OH is 1. The Morgan fingerprint density at radius 2 is 1.87 bits per heavy atom. The van der Waals surface area contributed by atoms with Gasteiger partial charge in [0.15, 0.2) is 0 Å². The van der Waals surface area contributed by atoms with Crippen molar-refractivity contribution in [1.29, 1.82) is 0 Å². The summed E-state index contributed by atoms with van der Waals surface area (Å²) in [6.45, 7) is 2.17. The van der Waals surface area contributed by atoms with Crippen molar-refractivity contribution in [2.24, 2.45) is 5.73 Å². The van der Waals surface area contributed by atoms with E-state index in [0.29, 0.717) is 0 Å². The molecule has 0 bridgehead atoms. The number of aliphatic hydroxyl groups is 1. The van der Waals surface area contributed by atoms with Crippen molar-refractivity contribution >= 4 is 0 Å². The topological polar surface area (TPSA) is 46.2 Å². The number of benzene rings is 1. The Bertz CT molecular complexity index is 260. The number of hydrogen-bond donors (Lipinski definition) is 2. The molecule has 2 heteroatoms. The molecule has 0 aromatic heterocycles. The summed E-state index contributed by atoms with van der Waals surface area (Å²) in [4.78, 5) is 0. The second-order valence-corrected chi connectivity index (χ2v) is 4.02. The smallest absolute Gasteiger partial charge is 0.0940 e. The first-order valence-corrected chi connectivity index (χ1v) is 5.74. The zero-order valence-electron chi connectivity index (χ0n) is 9.39. The van der Waals surface area contributed by atoms with Gasteiger partial charge in [-0.05, 0) is 12.0 Å². The fourth-order valence-corrected chi connectivity index (χ4v) is 1.69. The predicted octanol–water partition coefficient (Wildman–Crippen LogP) is 2.63. The molecule has 0 spiro atoms. The summed E-state index contributed by atoms with van der Waals surface area (Å²) in [5.74, 6) is 0. The predicted molar refractivity (Wildman–Crippen MR) is 63.5 cm³/mol. The normalized spacial score (nSPS) is 14.9. The SMILES string of the molecule is CCCCC[C@@H](N)[C@@H](O)c1ccccc1. The average Bonchev–Trinajstić information content (AvgIpc) is 2.29. The molecule has 15 heavy (non-hydrogen) atoms.